The fourth-order valence-electron chi connectivity index (χ4n) is 1.76. The SMILES string of the molecule is CC(C)CC(C)NC(=O)CNC(=O)c1cnccn1. The van der Waals surface area contributed by atoms with Crippen molar-refractivity contribution in [2.45, 2.75) is 33.2 Å². The molecule has 19 heavy (non-hydrogen) atoms. The Bertz CT molecular complexity index is 420. The van der Waals surface area contributed by atoms with Crippen molar-refractivity contribution in [2.24, 2.45) is 5.92 Å². The largest absolute Gasteiger partial charge is 0.352 e. The van der Waals surface area contributed by atoms with Crippen molar-refractivity contribution in [3.63, 3.8) is 0 Å². The molecule has 0 bridgehead atoms. The number of carbonyl (C=O) groups excluding carboxylic acids is 2. The third-order valence-electron chi connectivity index (χ3n) is 2.44. The average Bonchev–Trinajstić information content (AvgIpc) is 2.36. The summed E-state index contributed by atoms with van der Waals surface area (Å²) in [6.07, 6.45) is 5.18. The summed E-state index contributed by atoms with van der Waals surface area (Å²) in [5, 5.41) is 5.33. The highest BCUT2D eigenvalue weighted by Crippen LogP contribution is 2.03. The molecule has 2 N–H and O–H groups in total. The van der Waals surface area contributed by atoms with E-state index in [4.69, 9.17) is 0 Å². The first-order chi connectivity index (χ1) is 8.99. The molecule has 0 aliphatic carbocycles. The summed E-state index contributed by atoms with van der Waals surface area (Å²) in [4.78, 5) is 30.9. The zero-order valence-electron chi connectivity index (χ0n) is 11.5. The molecule has 0 saturated heterocycles. The van der Waals surface area contributed by atoms with Gasteiger partial charge in [-0.05, 0) is 19.3 Å². The number of nitrogens with one attached hydrogen (secondary N) is 2. The Hall–Kier alpha value is -1.98. The maximum absolute atomic E-state index is 11.6. The molecule has 0 spiro atoms. The third kappa shape index (κ3) is 5.94. The van der Waals surface area contributed by atoms with Gasteiger partial charge in [-0.2, -0.15) is 0 Å². The first-order valence-corrected chi connectivity index (χ1v) is 6.32. The summed E-state index contributed by atoms with van der Waals surface area (Å²) in [5.41, 5.74) is 0.200. The molecule has 6 heteroatoms. The Labute approximate surface area is 113 Å². The lowest BCUT2D eigenvalue weighted by atomic mass is 10.1. The number of nitrogens with zero attached hydrogens (tertiary/aromatic N) is 2. The zero-order chi connectivity index (χ0) is 14.3. The molecule has 1 aromatic heterocycles. The van der Waals surface area contributed by atoms with E-state index in [-0.39, 0.29) is 24.2 Å². The lowest BCUT2D eigenvalue weighted by Crippen LogP contribution is -2.41. The minimum atomic E-state index is -0.403. The highest BCUT2D eigenvalue weighted by molar-refractivity contribution is 5.94. The van der Waals surface area contributed by atoms with Crippen LogP contribution in [-0.2, 0) is 4.79 Å². The Morgan fingerprint density at radius 1 is 1.26 bits per heavy atom. The maximum Gasteiger partial charge on any atom is 0.271 e. The van der Waals surface area contributed by atoms with Crippen molar-refractivity contribution in [3.8, 4) is 0 Å². The molecule has 6 nitrogen and oxygen atoms in total. The van der Waals surface area contributed by atoms with Crippen LogP contribution in [-0.4, -0.2) is 34.4 Å². The second-order valence-electron chi connectivity index (χ2n) is 4.87. The minimum absolute atomic E-state index is 0.0577. The van der Waals surface area contributed by atoms with Gasteiger partial charge in [0.25, 0.3) is 5.91 Å². The van der Waals surface area contributed by atoms with E-state index in [1.54, 1.807) is 0 Å². The Morgan fingerprint density at radius 3 is 2.58 bits per heavy atom. The van der Waals surface area contributed by atoms with E-state index < -0.39 is 5.91 Å². The van der Waals surface area contributed by atoms with E-state index in [9.17, 15) is 9.59 Å². The highest BCUT2D eigenvalue weighted by atomic mass is 16.2. The second kappa shape index (κ2) is 7.45. The van der Waals surface area contributed by atoms with Crippen molar-refractivity contribution in [1.82, 2.24) is 20.6 Å². The smallest absolute Gasteiger partial charge is 0.271 e. The molecule has 1 heterocycles. The molecule has 1 aromatic rings. The Balaban J connectivity index is 2.32. The average molecular weight is 264 g/mol. The van der Waals surface area contributed by atoms with Gasteiger partial charge in [0.05, 0.1) is 12.7 Å². The summed E-state index contributed by atoms with van der Waals surface area (Å²) < 4.78 is 0. The standard InChI is InChI=1S/C13H20N4O2/c1-9(2)6-10(3)17-12(18)8-16-13(19)11-7-14-4-5-15-11/h4-5,7,9-10H,6,8H2,1-3H3,(H,16,19)(H,17,18). The molecule has 0 aliphatic rings. The van der Waals surface area contributed by atoms with Gasteiger partial charge in [0.15, 0.2) is 0 Å². The highest BCUT2D eigenvalue weighted by Gasteiger charge is 2.11. The van der Waals surface area contributed by atoms with E-state index in [2.05, 4.69) is 34.4 Å². The second-order valence-corrected chi connectivity index (χ2v) is 4.87. The molecule has 0 aliphatic heterocycles. The van der Waals surface area contributed by atoms with Crippen LogP contribution in [0.3, 0.4) is 0 Å². The van der Waals surface area contributed by atoms with Gasteiger partial charge in [0.2, 0.25) is 5.91 Å². The summed E-state index contributed by atoms with van der Waals surface area (Å²) >= 11 is 0. The first kappa shape index (κ1) is 15.1. The topological polar surface area (TPSA) is 84.0 Å². The van der Waals surface area contributed by atoms with Crippen LogP contribution >= 0.6 is 0 Å². The molecular formula is C13H20N4O2. The van der Waals surface area contributed by atoms with Crippen LogP contribution in [0.4, 0.5) is 0 Å². The van der Waals surface area contributed by atoms with E-state index in [1.165, 1.54) is 18.6 Å². The molecule has 0 fully saturated rings. The molecule has 1 unspecified atom stereocenters. The molecule has 2 amide bonds. The first-order valence-electron chi connectivity index (χ1n) is 6.32. The molecule has 0 saturated carbocycles. The van der Waals surface area contributed by atoms with Crippen molar-refractivity contribution < 1.29 is 9.59 Å². The Morgan fingerprint density at radius 2 is 2.00 bits per heavy atom. The van der Waals surface area contributed by atoms with Crippen LogP contribution in [0.25, 0.3) is 0 Å². The van der Waals surface area contributed by atoms with Crippen molar-refractivity contribution in [1.29, 1.82) is 0 Å². The lowest BCUT2D eigenvalue weighted by Gasteiger charge is -2.16. The molecule has 0 aromatic carbocycles. The van der Waals surface area contributed by atoms with Gasteiger partial charge >= 0.3 is 0 Å². The van der Waals surface area contributed by atoms with E-state index >= 15 is 0 Å². The van der Waals surface area contributed by atoms with E-state index in [1.807, 2.05) is 6.92 Å². The Kier molecular flexibility index (Phi) is 5.92. The van der Waals surface area contributed by atoms with Crippen molar-refractivity contribution >= 4 is 11.8 Å². The van der Waals surface area contributed by atoms with Crippen molar-refractivity contribution in [3.05, 3.63) is 24.3 Å². The fraction of sp³-hybridized carbons (Fsp3) is 0.538. The lowest BCUT2D eigenvalue weighted by molar-refractivity contribution is -0.120. The van der Waals surface area contributed by atoms with Crippen molar-refractivity contribution in [2.75, 3.05) is 6.54 Å². The van der Waals surface area contributed by atoms with Gasteiger partial charge in [0, 0.05) is 18.4 Å². The van der Waals surface area contributed by atoms with Crippen LogP contribution in [0.15, 0.2) is 18.6 Å². The fourth-order valence-corrected chi connectivity index (χ4v) is 1.76. The summed E-state index contributed by atoms with van der Waals surface area (Å²) in [5.74, 6) is -0.0883. The van der Waals surface area contributed by atoms with E-state index in [0.29, 0.717) is 5.92 Å². The predicted molar refractivity (Wildman–Crippen MR) is 71.4 cm³/mol. The van der Waals surface area contributed by atoms with Gasteiger partial charge in [-0.25, -0.2) is 4.98 Å². The van der Waals surface area contributed by atoms with Crippen LogP contribution < -0.4 is 10.6 Å². The number of carbonyl (C=O) groups is 2. The zero-order valence-corrected chi connectivity index (χ0v) is 11.5. The molecule has 104 valence electrons. The normalized spacial score (nSPS) is 12.0. The van der Waals surface area contributed by atoms with Crippen LogP contribution in [0.5, 0.6) is 0 Å². The number of amides is 2. The van der Waals surface area contributed by atoms with Crippen LogP contribution in [0, 0.1) is 5.92 Å². The van der Waals surface area contributed by atoms with Gasteiger partial charge in [-0.15, -0.1) is 0 Å². The quantitative estimate of drug-likeness (QED) is 0.794. The van der Waals surface area contributed by atoms with Gasteiger partial charge < -0.3 is 10.6 Å². The number of hydrogen-bond donors (Lipinski definition) is 2. The van der Waals surface area contributed by atoms with Crippen LogP contribution in [0.2, 0.25) is 0 Å². The summed E-state index contributed by atoms with van der Waals surface area (Å²) in [6, 6.07) is 0.0981. The molecular weight excluding hydrogens is 244 g/mol. The predicted octanol–water partition coefficient (Wildman–Crippen LogP) is 0.757. The van der Waals surface area contributed by atoms with Gasteiger partial charge in [-0.1, -0.05) is 13.8 Å². The summed E-state index contributed by atoms with van der Waals surface area (Å²) in [7, 11) is 0. The molecule has 0 radical (unpaired) electrons. The molecule has 1 atom stereocenters. The van der Waals surface area contributed by atoms with Gasteiger partial charge in [0.1, 0.15) is 5.69 Å². The van der Waals surface area contributed by atoms with Crippen LogP contribution in [0.1, 0.15) is 37.7 Å². The number of aromatic nitrogens is 2. The monoisotopic (exact) mass is 264 g/mol. The number of rotatable bonds is 6. The number of hydrogen-bond acceptors (Lipinski definition) is 4. The van der Waals surface area contributed by atoms with E-state index in [0.717, 1.165) is 6.42 Å². The minimum Gasteiger partial charge on any atom is -0.352 e. The summed E-state index contributed by atoms with van der Waals surface area (Å²) in [6.45, 7) is 6.08. The molecule has 1 rings (SSSR count). The third-order valence-corrected chi connectivity index (χ3v) is 2.44. The maximum atomic E-state index is 11.6. The van der Waals surface area contributed by atoms with Gasteiger partial charge in [-0.3, -0.25) is 14.6 Å².